The third-order valence-corrected chi connectivity index (χ3v) is 5.28. The van der Waals surface area contributed by atoms with Crippen LogP contribution >= 0.6 is 0 Å². The van der Waals surface area contributed by atoms with Crippen LogP contribution in [0, 0.1) is 0 Å². The van der Waals surface area contributed by atoms with E-state index in [4.69, 9.17) is 24.3 Å². The molecule has 8 N–H and O–H groups in total. The van der Waals surface area contributed by atoms with Crippen molar-refractivity contribution in [3.8, 4) is 0 Å². The molecule has 1 unspecified atom stereocenters. The van der Waals surface area contributed by atoms with Gasteiger partial charge in [0.1, 0.15) is 6.04 Å². The number of nitrogens with two attached hydrogens (primary N) is 4. The second kappa shape index (κ2) is 10.5. The molecule has 0 aromatic heterocycles. The zero-order valence-electron chi connectivity index (χ0n) is 19.2. The predicted octanol–water partition coefficient (Wildman–Crippen LogP) is 2.66. The van der Waals surface area contributed by atoms with Gasteiger partial charge in [-0.05, 0) is 37.1 Å². The SMILES string of the molecule is [2H]c1ccccc1C(=O)[N+](C(=O)[C@@H](N)CCCN=C(N)N)(c1ccccc1)c1ccc(N)cc1. The summed E-state index contributed by atoms with van der Waals surface area (Å²) in [5.74, 6) is -1.15. The number of quaternary nitrogens is 1. The van der Waals surface area contributed by atoms with E-state index in [1.165, 1.54) is 12.1 Å². The highest BCUT2D eigenvalue weighted by Crippen LogP contribution is 2.38. The summed E-state index contributed by atoms with van der Waals surface area (Å²) in [6, 6.07) is 20.6. The molecule has 0 saturated carbocycles. The summed E-state index contributed by atoms with van der Waals surface area (Å²) < 4.78 is 7.51. The minimum Gasteiger partial charge on any atom is -0.399 e. The molecule has 0 bridgehead atoms. The van der Waals surface area contributed by atoms with Gasteiger partial charge in [0.25, 0.3) is 0 Å². The molecule has 33 heavy (non-hydrogen) atoms. The van der Waals surface area contributed by atoms with Crippen LogP contribution in [-0.2, 0) is 4.79 Å². The molecule has 0 saturated heterocycles. The van der Waals surface area contributed by atoms with Crippen LogP contribution in [0.25, 0.3) is 0 Å². The van der Waals surface area contributed by atoms with Gasteiger partial charge < -0.3 is 22.9 Å². The number of carbonyl (C=O) groups excluding carboxylic acids is 2. The Morgan fingerprint density at radius 1 is 0.909 bits per heavy atom. The third-order valence-electron chi connectivity index (χ3n) is 5.28. The zero-order chi connectivity index (χ0) is 24.7. The summed E-state index contributed by atoms with van der Waals surface area (Å²) in [7, 11) is 0. The fourth-order valence-electron chi connectivity index (χ4n) is 3.69. The average molecular weight is 447 g/mol. The lowest BCUT2D eigenvalue weighted by atomic mass is 10.0. The van der Waals surface area contributed by atoms with E-state index in [9.17, 15) is 9.59 Å². The van der Waals surface area contributed by atoms with Crippen LogP contribution in [0.4, 0.5) is 17.1 Å². The Morgan fingerprint density at radius 2 is 1.52 bits per heavy atom. The number of anilines is 1. The number of hydrogen-bond donors (Lipinski definition) is 4. The predicted molar refractivity (Wildman–Crippen MR) is 132 cm³/mol. The van der Waals surface area contributed by atoms with Crippen LogP contribution in [0.1, 0.15) is 24.6 Å². The van der Waals surface area contributed by atoms with Crippen molar-refractivity contribution in [2.45, 2.75) is 18.9 Å². The number of para-hydroxylation sites is 1. The largest absolute Gasteiger partial charge is 0.399 e. The summed E-state index contributed by atoms with van der Waals surface area (Å²) in [5.41, 5.74) is 24.4. The van der Waals surface area contributed by atoms with Crippen LogP contribution in [0.3, 0.4) is 0 Å². The molecular formula is C25H29N6O2+. The number of benzene rings is 3. The molecule has 8 heteroatoms. The highest BCUT2D eigenvalue weighted by Gasteiger charge is 2.51. The van der Waals surface area contributed by atoms with Crippen LogP contribution < -0.4 is 27.4 Å². The minimum atomic E-state index is -1.01. The van der Waals surface area contributed by atoms with E-state index in [0.717, 1.165) is 0 Å². The Morgan fingerprint density at radius 3 is 2.15 bits per heavy atom. The number of imide groups is 1. The first-order valence-corrected chi connectivity index (χ1v) is 10.5. The van der Waals surface area contributed by atoms with Crippen molar-refractivity contribution in [2.24, 2.45) is 22.2 Å². The number of amides is 2. The van der Waals surface area contributed by atoms with Gasteiger partial charge in [0.15, 0.2) is 17.3 Å². The molecule has 170 valence electrons. The van der Waals surface area contributed by atoms with Gasteiger partial charge in [0, 0.05) is 36.5 Å². The number of nitrogens with zero attached hydrogens (tertiary/aromatic N) is 2. The van der Waals surface area contributed by atoms with Gasteiger partial charge in [-0.2, -0.15) is 0 Å². The van der Waals surface area contributed by atoms with Gasteiger partial charge in [0.2, 0.25) is 0 Å². The molecule has 3 aromatic rings. The van der Waals surface area contributed by atoms with Crippen LogP contribution in [0.2, 0.25) is 0 Å². The molecule has 2 atom stereocenters. The van der Waals surface area contributed by atoms with Crippen LogP contribution in [-0.4, -0.2) is 30.4 Å². The fourth-order valence-corrected chi connectivity index (χ4v) is 3.69. The van der Waals surface area contributed by atoms with Gasteiger partial charge >= 0.3 is 11.8 Å². The molecule has 3 aromatic carbocycles. The van der Waals surface area contributed by atoms with E-state index in [-0.39, 0.29) is 24.0 Å². The van der Waals surface area contributed by atoms with E-state index >= 15 is 0 Å². The van der Waals surface area contributed by atoms with Gasteiger partial charge in [0.05, 0.1) is 6.93 Å². The van der Waals surface area contributed by atoms with Crippen molar-refractivity contribution >= 4 is 34.8 Å². The van der Waals surface area contributed by atoms with E-state index < -0.39 is 22.3 Å². The lowest BCUT2D eigenvalue weighted by Crippen LogP contribution is -2.60. The van der Waals surface area contributed by atoms with Crippen molar-refractivity contribution in [1.29, 1.82) is 0 Å². The zero-order valence-corrected chi connectivity index (χ0v) is 18.2. The maximum absolute atomic E-state index is 14.2. The highest BCUT2D eigenvalue weighted by molar-refractivity contribution is 6.21. The standard InChI is InChI=1S/C25H29N6O2/c26-19-13-15-21(16-14-19)31(20-10-5-2-6-11-20,23(32)18-8-3-1-4-9-18)24(33)22(27)12-7-17-30-25(28)29/h1-6,8-11,13-16,22H,7,12,17,26-27H2,(H4,28,29,30)/q+1/t22-,31?/m0/s1/i8D. The minimum absolute atomic E-state index is 0.00973. The Labute approximate surface area is 194 Å². The van der Waals surface area contributed by atoms with Crippen molar-refractivity contribution in [1.82, 2.24) is 4.48 Å². The topological polar surface area (TPSA) is 151 Å². The lowest BCUT2D eigenvalue weighted by Gasteiger charge is -2.34. The number of guanidine groups is 1. The van der Waals surface area contributed by atoms with Gasteiger partial charge in [-0.25, -0.2) is 9.59 Å². The Balaban J connectivity index is 2.20. The van der Waals surface area contributed by atoms with Crippen molar-refractivity contribution in [3.05, 3.63) is 90.5 Å². The van der Waals surface area contributed by atoms with Crippen molar-refractivity contribution in [3.63, 3.8) is 0 Å². The molecule has 3 rings (SSSR count). The number of hydrogen-bond acceptors (Lipinski definition) is 5. The monoisotopic (exact) mass is 446 g/mol. The first-order chi connectivity index (χ1) is 16.3. The smallest absolute Gasteiger partial charge is 0.363 e. The number of aliphatic imine (C=N–C) groups is 1. The molecule has 0 aliphatic rings. The number of carbonyl (C=O) groups is 2. The molecule has 0 spiro atoms. The van der Waals surface area contributed by atoms with E-state index in [1.807, 2.05) is 0 Å². The molecule has 0 fully saturated rings. The van der Waals surface area contributed by atoms with E-state index in [2.05, 4.69) is 4.99 Å². The third kappa shape index (κ3) is 5.08. The molecule has 2 amide bonds. The normalized spacial score (nSPS) is 13.9. The Hall–Kier alpha value is -4.01. The molecule has 0 aliphatic heterocycles. The quantitative estimate of drug-likeness (QED) is 0.137. The molecule has 0 heterocycles. The second-order valence-electron chi connectivity index (χ2n) is 7.57. The van der Waals surface area contributed by atoms with Gasteiger partial charge in [-0.3, -0.25) is 4.99 Å². The van der Waals surface area contributed by atoms with Gasteiger partial charge in [-0.1, -0.05) is 36.4 Å². The highest BCUT2D eigenvalue weighted by atomic mass is 16.2. The summed E-state index contributed by atoms with van der Waals surface area (Å²) >= 11 is 0. The number of nitrogen functional groups attached to an aromatic ring is 1. The molecule has 0 radical (unpaired) electrons. The number of rotatable bonds is 8. The molecule has 8 nitrogen and oxygen atoms in total. The lowest BCUT2D eigenvalue weighted by molar-refractivity contribution is -0.127. The second-order valence-corrected chi connectivity index (χ2v) is 7.57. The molecule has 0 aliphatic carbocycles. The molecular weight excluding hydrogens is 416 g/mol. The Bertz CT molecular complexity index is 1180. The summed E-state index contributed by atoms with van der Waals surface area (Å²) in [5, 5.41) is 0. The first-order valence-electron chi connectivity index (χ1n) is 11.0. The van der Waals surface area contributed by atoms with Gasteiger partial charge in [-0.15, -0.1) is 4.48 Å². The summed E-state index contributed by atoms with van der Waals surface area (Å²) in [6.07, 6.45) is 0.706. The maximum atomic E-state index is 14.2. The van der Waals surface area contributed by atoms with Crippen molar-refractivity contribution in [2.75, 3.05) is 12.3 Å². The van der Waals surface area contributed by atoms with Crippen LogP contribution in [0.15, 0.2) is 89.9 Å². The van der Waals surface area contributed by atoms with E-state index in [0.29, 0.717) is 30.0 Å². The average Bonchev–Trinajstić information content (AvgIpc) is 2.84. The van der Waals surface area contributed by atoms with Crippen molar-refractivity contribution < 1.29 is 11.0 Å². The van der Waals surface area contributed by atoms with Crippen LogP contribution in [0.5, 0.6) is 0 Å². The first kappa shape index (κ1) is 22.2. The maximum Gasteiger partial charge on any atom is 0.363 e. The summed E-state index contributed by atoms with van der Waals surface area (Å²) in [4.78, 5) is 32.3. The fraction of sp³-hybridized carbons (Fsp3) is 0.160. The van der Waals surface area contributed by atoms with E-state index in [1.54, 1.807) is 66.7 Å². The summed E-state index contributed by atoms with van der Waals surface area (Å²) in [6.45, 7) is 0.306. The Kier molecular flexibility index (Phi) is 7.09.